The van der Waals surface area contributed by atoms with Gasteiger partial charge in [-0.25, -0.2) is 0 Å². The summed E-state index contributed by atoms with van der Waals surface area (Å²) in [5, 5.41) is 9.63. The lowest BCUT2D eigenvalue weighted by Crippen LogP contribution is -2.47. The summed E-state index contributed by atoms with van der Waals surface area (Å²) in [7, 11) is 1.63. The number of rotatable bonds is 4. The Balaban J connectivity index is 1.41. The highest BCUT2D eigenvalue weighted by molar-refractivity contribution is 5.68. The van der Waals surface area contributed by atoms with E-state index in [1.54, 1.807) is 19.3 Å². The van der Waals surface area contributed by atoms with Crippen molar-refractivity contribution in [3.05, 3.63) is 75.7 Å². The predicted molar refractivity (Wildman–Crippen MR) is 117 cm³/mol. The van der Waals surface area contributed by atoms with Crippen LogP contribution >= 0.6 is 0 Å². The molecular weight excluding hydrogens is 392 g/mol. The van der Waals surface area contributed by atoms with Crippen molar-refractivity contribution in [1.29, 1.82) is 5.26 Å². The molecule has 0 saturated carbocycles. The SMILES string of the molecule is COc1cccc(C=Cc2nc(C#N)c(N3CC4CC(C3)c3cccc(=O)n3C4)o2)c1. The van der Waals surface area contributed by atoms with Gasteiger partial charge in [-0.3, -0.25) is 4.79 Å². The van der Waals surface area contributed by atoms with Crippen LogP contribution in [-0.4, -0.2) is 29.8 Å². The minimum atomic E-state index is 0.0583. The van der Waals surface area contributed by atoms with Gasteiger partial charge in [0.2, 0.25) is 17.5 Å². The van der Waals surface area contributed by atoms with Gasteiger partial charge < -0.3 is 18.6 Å². The molecule has 0 amide bonds. The van der Waals surface area contributed by atoms with Crippen LogP contribution in [0.15, 0.2) is 51.7 Å². The average molecular weight is 414 g/mol. The Bertz CT molecular complexity index is 1250. The molecule has 2 aliphatic heterocycles. The molecule has 5 rings (SSSR count). The topological polar surface area (TPSA) is 84.3 Å². The molecule has 7 heteroatoms. The normalized spacial score (nSPS) is 19.8. The Labute approximate surface area is 179 Å². The Hall–Kier alpha value is -3.79. The highest BCUT2D eigenvalue weighted by Gasteiger charge is 2.36. The fourth-order valence-corrected chi connectivity index (χ4v) is 4.66. The first-order valence-corrected chi connectivity index (χ1v) is 10.3. The Morgan fingerprint density at radius 1 is 1.19 bits per heavy atom. The number of hydrogen-bond acceptors (Lipinski definition) is 6. The van der Waals surface area contributed by atoms with Crippen LogP contribution in [0.3, 0.4) is 0 Å². The number of nitrogens with zero attached hydrogens (tertiary/aromatic N) is 4. The molecule has 2 aliphatic rings. The van der Waals surface area contributed by atoms with Gasteiger partial charge in [0.05, 0.1) is 7.11 Å². The predicted octanol–water partition coefficient (Wildman–Crippen LogP) is 3.51. The third-order valence-electron chi connectivity index (χ3n) is 6.01. The first-order valence-electron chi connectivity index (χ1n) is 10.3. The quantitative estimate of drug-likeness (QED) is 0.650. The summed E-state index contributed by atoms with van der Waals surface area (Å²) in [5.74, 6) is 2.23. The van der Waals surface area contributed by atoms with Crippen LogP contribution in [0, 0.1) is 17.2 Å². The van der Waals surface area contributed by atoms with E-state index >= 15 is 0 Å². The van der Waals surface area contributed by atoms with E-state index in [-0.39, 0.29) is 17.2 Å². The van der Waals surface area contributed by atoms with E-state index in [4.69, 9.17) is 9.15 Å². The molecule has 0 N–H and O–H groups in total. The van der Waals surface area contributed by atoms with Gasteiger partial charge in [-0.2, -0.15) is 10.2 Å². The third kappa shape index (κ3) is 3.61. The average Bonchev–Trinajstić information content (AvgIpc) is 3.22. The number of anilines is 1. The number of hydrogen-bond donors (Lipinski definition) is 0. The van der Waals surface area contributed by atoms with Crippen molar-refractivity contribution in [2.24, 2.45) is 5.92 Å². The molecule has 0 spiro atoms. The van der Waals surface area contributed by atoms with Gasteiger partial charge in [0, 0.05) is 43.4 Å². The Morgan fingerprint density at radius 3 is 2.90 bits per heavy atom. The molecule has 3 aromatic rings. The maximum Gasteiger partial charge on any atom is 0.250 e. The molecular formula is C24H22N4O3. The van der Waals surface area contributed by atoms with E-state index in [0.717, 1.165) is 30.0 Å². The molecule has 31 heavy (non-hydrogen) atoms. The highest BCUT2D eigenvalue weighted by Crippen LogP contribution is 2.38. The van der Waals surface area contributed by atoms with Crippen LogP contribution in [0.5, 0.6) is 5.75 Å². The van der Waals surface area contributed by atoms with Crippen LogP contribution in [0.2, 0.25) is 0 Å². The number of nitriles is 1. The molecule has 2 unspecified atom stereocenters. The molecule has 0 aliphatic carbocycles. The third-order valence-corrected chi connectivity index (χ3v) is 6.01. The number of ether oxygens (including phenoxy) is 1. The summed E-state index contributed by atoms with van der Waals surface area (Å²) in [6, 6.07) is 15.3. The summed E-state index contributed by atoms with van der Waals surface area (Å²) < 4.78 is 13.2. The molecule has 2 atom stereocenters. The lowest BCUT2D eigenvalue weighted by Gasteiger charge is -2.42. The lowest BCUT2D eigenvalue weighted by molar-refractivity contribution is 0.275. The second kappa shape index (κ2) is 7.80. The standard InChI is InChI=1S/C24H22N4O3/c1-30-19-5-2-4-16(11-19)8-9-22-26-20(12-25)24(31-22)27-13-17-10-18(15-27)21-6-3-7-23(29)28(21)14-17/h2-9,11,17-18H,10,13-15H2,1H3. The van der Waals surface area contributed by atoms with Gasteiger partial charge in [-0.1, -0.05) is 18.2 Å². The molecule has 4 heterocycles. The number of methoxy groups -OCH3 is 1. The lowest BCUT2D eigenvalue weighted by atomic mass is 9.83. The molecule has 1 fully saturated rings. The van der Waals surface area contributed by atoms with Crippen LogP contribution in [0.4, 0.5) is 5.88 Å². The van der Waals surface area contributed by atoms with Crippen molar-refractivity contribution in [3.63, 3.8) is 0 Å². The zero-order chi connectivity index (χ0) is 21.4. The first kappa shape index (κ1) is 19.2. The second-order valence-electron chi connectivity index (χ2n) is 8.03. The zero-order valence-electron chi connectivity index (χ0n) is 17.2. The molecule has 0 radical (unpaired) electrons. The summed E-state index contributed by atoms with van der Waals surface area (Å²) >= 11 is 0. The van der Waals surface area contributed by atoms with Crippen LogP contribution < -0.4 is 15.2 Å². The minimum Gasteiger partial charge on any atom is -0.497 e. The van der Waals surface area contributed by atoms with E-state index in [1.807, 2.05) is 47.0 Å². The van der Waals surface area contributed by atoms with E-state index < -0.39 is 0 Å². The Morgan fingerprint density at radius 2 is 2.06 bits per heavy atom. The zero-order valence-corrected chi connectivity index (χ0v) is 17.2. The van der Waals surface area contributed by atoms with E-state index in [0.29, 0.717) is 30.8 Å². The number of oxazole rings is 1. The van der Waals surface area contributed by atoms with Gasteiger partial charge in [-0.05, 0) is 42.2 Å². The minimum absolute atomic E-state index is 0.0583. The maximum atomic E-state index is 12.2. The molecule has 7 nitrogen and oxygen atoms in total. The van der Waals surface area contributed by atoms with Gasteiger partial charge in [0.15, 0.2) is 0 Å². The van der Waals surface area contributed by atoms with Crippen molar-refractivity contribution >= 4 is 18.0 Å². The summed E-state index contributed by atoms with van der Waals surface area (Å²) in [6.45, 7) is 2.13. The van der Waals surface area contributed by atoms with Gasteiger partial charge in [0.25, 0.3) is 5.56 Å². The fraction of sp³-hybridized carbons (Fsp3) is 0.292. The van der Waals surface area contributed by atoms with Crippen molar-refractivity contribution in [3.8, 4) is 11.8 Å². The smallest absolute Gasteiger partial charge is 0.250 e. The molecule has 1 saturated heterocycles. The number of piperidine rings is 1. The summed E-state index contributed by atoms with van der Waals surface area (Å²) in [6.07, 6.45) is 4.68. The molecule has 2 aromatic heterocycles. The fourth-order valence-electron chi connectivity index (χ4n) is 4.66. The summed E-state index contributed by atoms with van der Waals surface area (Å²) in [5.41, 5.74) is 2.36. The van der Waals surface area contributed by atoms with Crippen molar-refractivity contribution in [2.45, 2.75) is 18.9 Å². The number of benzene rings is 1. The largest absolute Gasteiger partial charge is 0.497 e. The molecule has 1 aromatic carbocycles. The van der Waals surface area contributed by atoms with Gasteiger partial charge in [0.1, 0.15) is 11.8 Å². The molecule has 2 bridgehead atoms. The van der Waals surface area contributed by atoms with E-state index in [2.05, 4.69) is 16.0 Å². The van der Waals surface area contributed by atoms with Gasteiger partial charge in [-0.15, -0.1) is 0 Å². The van der Waals surface area contributed by atoms with Crippen LogP contribution in [0.1, 0.15) is 35.2 Å². The highest BCUT2D eigenvalue weighted by atomic mass is 16.5. The second-order valence-corrected chi connectivity index (χ2v) is 8.03. The Kier molecular flexibility index (Phi) is 4.83. The van der Waals surface area contributed by atoms with E-state index in [9.17, 15) is 10.1 Å². The van der Waals surface area contributed by atoms with Gasteiger partial charge >= 0.3 is 0 Å². The first-order chi connectivity index (χ1) is 15.1. The van der Waals surface area contributed by atoms with Crippen LogP contribution in [0.25, 0.3) is 12.2 Å². The van der Waals surface area contributed by atoms with Crippen LogP contribution in [-0.2, 0) is 6.54 Å². The van der Waals surface area contributed by atoms with Crippen molar-refractivity contribution < 1.29 is 9.15 Å². The van der Waals surface area contributed by atoms with E-state index in [1.165, 1.54) is 0 Å². The summed E-state index contributed by atoms with van der Waals surface area (Å²) in [4.78, 5) is 18.7. The molecule has 156 valence electrons. The number of pyridine rings is 1. The van der Waals surface area contributed by atoms with Crippen molar-refractivity contribution in [1.82, 2.24) is 9.55 Å². The number of fused-ring (bicyclic) bond motifs is 4. The monoisotopic (exact) mass is 414 g/mol. The van der Waals surface area contributed by atoms with Crippen molar-refractivity contribution in [2.75, 3.05) is 25.1 Å². The maximum absolute atomic E-state index is 12.2. The number of aromatic nitrogens is 2.